The van der Waals surface area contributed by atoms with Crippen molar-refractivity contribution in [3.05, 3.63) is 63.5 Å². The first kappa shape index (κ1) is 16.1. The first-order valence-corrected chi connectivity index (χ1v) is 7.22. The molecule has 0 spiro atoms. The minimum atomic E-state index is -1.14. The van der Waals surface area contributed by atoms with E-state index >= 15 is 0 Å². The molecule has 3 aromatic rings. The quantitative estimate of drug-likeness (QED) is 0.566. The number of hydrogen-bond donors (Lipinski definition) is 0. The van der Waals surface area contributed by atoms with Gasteiger partial charge in [0.2, 0.25) is 5.28 Å². The number of hydrogen-bond acceptors (Lipinski definition) is 2. The maximum Gasteiger partial charge on any atom is 0.209 e. The van der Waals surface area contributed by atoms with E-state index in [1.807, 2.05) is 0 Å². The van der Waals surface area contributed by atoms with E-state index < -0.39 is 23.0 Å². The SMILES string of the molecule is Fc1cc(F)c(-c2c(Cl)nc(Cl)n2-c2ccc(Cl)nc2)c(F)c1. The van der Waals surface area contributed by atoms with Crippen LogP contribution in [0.4, 0.5) is 13.2 Å². The standard InChI is InChI=1S/C14H5Cl3F3N3/c15-10-2-1-7(5-21-10)23-12(13(16)22-14(23)17)11-8(19)3-6(18)4-9(11)20/h1-5H. The highest BCUT2D eigenvalue weighted by atomic mass is 35.5. The van der Waals surface area contributed by atoms with Crippen LogP contribution in [0.15, 0.2) is 30.5 Å². The first-order valence-electron chi connectivity index (χ1n) is 6.09. The van der Waals surface area contributed by atoms with Crippen LogP contribution in [-0.2, 0) is 0 Å². The molecule has 0 saturated carbocycles. The maximum absolute atomic E-state index is 14.1. The van der Waals surface area contributed by atoms with Crippen LogP contribution < -0.4 is 0 Å². The number of rotatable bonds is 2. The van der Waals surface area contributed by atoms with Crippen LogP contribution in [0.25, 0.3) is 16.9 Å². The van der Waals surface area contributed by atoms with E-state index in [-0.39, 0.29) is 21.3 Å². The van der Waals surface area contributed by atoms with Crippen molar-refractivity contribution in [2.45, 2.75) is 0 Å². The summed E-state index contributed by atoms with van der Waals surface area (Å²) in [5.41, 5.74) is -0.376. The molecule has 9 heteroatoms. The molecule has 2 heterocycles. The number of nitrogens with zero attached hydrogens (tertiary/aromatic N) is 3. The zero-order valence-electron chi connectivity index (χ0n) is 11.0. The summed E-state index contributed by atoms with van der Waals surface area (Å²) in [4.78, 5) is 7.66. The molecule has 0 aliphatic heterocycles. The Hall–Kier alpha value is -1.76. The molecule has 23 heavy (non-hydrogen) atoms. The maximum atomic E-state index is 14.1. The van der Waals surface area contributed by atoms with Crippen molar-refractivity contribution >= 4 is 34.8 Å². The van der Waals surface area contributed by atoms with Gasteiger partial charge in [-0.15, -0.1) is 0 Å². The molecule has 1 aromatic carbocycles. The molecule has 2 aromatic heterocycles. The third kappa shape index (κ3) is 2.89. The monoisotopic (exact) mass is 377 g/mol. The Morgan fingerprint density at radius 1 is 0.957 bits per heavy atom. The van der Waals surface area contributed by atoms with E-state index in [1.54, 1.807) is 0 Å². The molecule has 3 nitrogen and oxygen atoms in total. The van der Waals surface area contributed by atoms with Gasteiger partial charge >= 0.3 is 0 Å². The van der Waals surface area contributed by atoms with Gasteiger partial charge in [-0.1, -0.05) is 23.2 Å². The summed E-state index contributed by atoms with van der Waals surface area (Å²) >= 11 is 17.7. The van der Waals surface area contributed by atoms with Crippen molar-refractivity contribution in [1.29, 1.82) is 0 Å². The number of benzene rings is 1. The first-order chi connectivity index (χ1) is 10.9. The van der Waals surface area contributed by atoms with Gasteiger partial charge in [0.1, 0.15) is 22.6 Å². The number of aromatic nitrogens is 3. The highest BCUT2D eigenvalue weighted by Crippen LogP contribution is 2.36. The van der Waals surface area contributed by atoms with Gasteiger partial charge < -0.3 is 0 Å². The van der Waals surface area contributed by atoms with Gasteiger partial charge in [-0.05, 0) is 23.7 Å². The number of imidazole rings is 1. The predicted octanol–water partition coefficient (Wildman–Crippen LogP) is 5.31. The molecule has 0 aliphatic carbocycles. The lowest BCUT2D eigenvalue weighted by Crippen LogP contribution is -2.02. The lowest BCUT2D eigenvalue weighted by molar-refractivity contribution is 0.547. The lowest BCUT2D eigenvalue weighted by Gasteiger charge is -2.11. The minimum absolute atomic E-state index is 0.141. The molecule has 0 saturated heterocycles. The van der Waals surface area contributed by atoms with Gasteiger partial charge in [-0.3, -0.25) is 4.57 Å². The average molecular weight is 379 g/mol. The van der Waals surface area contributed by atoms with Crippen molar-refractivity contribution in [3.8, 4) is 16.9 Å². The van der Waals surface area contributed by atoms with Crippen molar-refractivity contribution < 1.29 is 13.2 Å². The minimum Gasteiger partial charge on any atom is -0.280 e. The second kappa shape index (κ2) is 6.03. The molecule has 118 valence electrons. The highest BCUT2D eigenvalue weighted by molar-refractivity contribution is 6.34. The van der Waals surface area contributed by atoms with Gasteiger partial charge in [0.25, 0.3) is 0 Å². The smallest absolute Gasteiger partial charge is 0.209 e. The predicted molar refractivity (Wildman–Crippen MR) is 81.7 cm³/mol. The highest BCUT2D eigenvalue weighted by Gasteiger charge is 2.24. The van der Waals surface area contributed by atoms with E-state index in [0.29, 0.717) is 17.8 Å². The summed E-state index contributed by atoms with van der Waals surface area (Å²) in [6.07, 6.45) is 1.33. The zero-order chi connectivity index (χ0) is 16.7. The van der Waals surface area contributed by atoms with Gasteiger partial charge in [0.05, 0.1) is 23.1 Å². The summed E-state index contributed by atoms with van der Waals surface area (Å²) in [6, 6.07) is 4.06. The van der Waals surface area contributed by atoms with E-state index in [4.69, 9.17) is 34.8 Å². The van der Waals surface area contributed by atoms with Crippen LogP contribution in [0.5, 0.6) is 0 Å². The van der Waals surface area contributed by atoms with Crippen LogP contribution in [0, 0.1) is 17.5 Å². The fourth-order valence-electron chi connectivity index (χ4n) is 2.09. The van der Waals surface area contributed by atoms with E-state index in [0.717, 1.165) is 0 Å². The molecule has 0 aliphatic rings. The number of halogens is 6. The van der Waals surface area contributed by atoms with E-state index in [1.165, 1.54) is 22.9 Å². The average Bonchev–Trinajstić information content (AvgIpc) is 2.74. The largest absolute Gasteiger partial charge is 0.280 e. The second-order valence-electron chi connectivity index (χ2n) is 4.44. The van der Waals surface area contributed by atoms with Crippen molar-refractivity contribution in [2.24, 2.45) is 0 Å². The van der Waals surface area contributed by atoms with Crippen LogP contribution in [-0.4, -0.2) is 14.5 Å². The fourth-order valence-corrected chi connectivity index (χ4v) is 2.77. The van der Waals surface area contributed by atoms with Gasteiger partial charge in [0.15, 0.2) is 5.15 Å². The molecule has 0 radical (unpaired) electrons. The molecular formula is C14H5Cl3F3N3. The third-order valence-corrected chi connectivity index (χ3v) is 3.75. The summed E-state index contributed by atoms with van der Waals surface area (Å²) in [7, 11) is 0. The van der Waals surface area contributed by atoms with Crippen LogP contribution in [0.1, 0.15) is 0 Å². The third-order valence-electron chi connectivity index (χ3n) is 3.01. The number of pyridine rings is 1. The second-order valence-corrected chi connectivity index (χ2v) is 5.52. The van der Waals surface area contributed by atoms with Crippen molar-refractivity contribution in [1.82, 2.24) is 14.5 Å². The van der Waals surface area contributed by atoms with Crippen molar-refractivity contribution in [3.63, 3.8) is 0 Å². The van der Waals surface area contributed by atoms with Gasteiger partial charge in [0, 0.05) is 12.1 Å². The summed E-state index contributed by atoms with van der Waals surface area (Å²) in [5, 5.41) is -0.164. The Morgan fingerprint density at radius 3 is 2.17 bits per heavy atom. The normalized spacial score (nSPS) is 11.0. The van der Waals surface area contributed by atoms with Crippen LogP contribution in [0.3, 0.4) is 0 Å². The Balaban J connectivity index is 2.32. The van der Waals surface area contributed by atoms with Crippen LogP contribution in [0.2, 0.25) is 15.6 Å². The summed E-state index contributed by atoms with van der Waals surface area (Å²) < 4.78 is 42.5. The Kier molecular flexibility index (Phi) is 4.23. The fraction of sp³-hybridized carbons (Fsp3) is 0. The van der Waals surface area contributed by atoms with Gasteiger partial charge in [-0.2, -0.15) is 0 Å². The molecular weight excluding hydrogens is 374 g/mol. The Bertz CT molecular complexity index is 871. The molecule has 3 rings (SSSR count). The summed E-state index contributed by atoms with van der Waals surface area (Å²) in [5.74, 6) is -3.32. The van der Waals surface area contributed by atoms with E-state index in [2.05, 4.69) is 9.97 Å². The molecule has 0 amide bonds. The zero-order valence-corrected chi connectivity index (χ0v) is 13.3. The van der Waals surface area contributed by atoms with Gasteiger partial charge in [-0.25, -0.2) is 23.1 Å². The molecule has 0 unspecified atom stereocenters. The molecule has 0 atom stereocenters. The topological polar surface area (TPSA) is 30.7 Å². The molecule has 0 N–H and O–H groups in total. The van der Waals surface area contributed by atoms with E-state index in [9.17, 15) is 13.2 Å². The molecule has 0 fully saturated rings. The van der Waals surface area contributed by atoms with Crippen molar-refractivity contribution in [2.75, 3.05) is 0 Å². The van der Waals surface area contributed by atoms with Crippen LogP contribution >= 0.6 is 34.8 Å². The lowest BCUT2D eigenvalue weighted by atomic mass is 10.1. The Morgan fingerprint density at radius 2 is 1.61 bits per heavy atom. The summed E-state index contributed by atoms with van der Waals surface area (Å²) in [6.45, 7) is 0. The molecule has 0 bridgehead atoms. The Labute approximate surface area is 143 Å².